The predicted molar refractivity (Wildman–Crippen MR) is 220 cm³/mol. The van der Waals surface area contributed by atoms with Crippen LogP contribution in [0.15, 0.2) is 42.5 Å². The predicted octanol–water partition coefficient (Wildman–Crippen LogP) is 4.13. The number of nitrogens with zero attached hydrogens (tertiary/aromatic N) is 3. The molecular formula is C46H57FN4O9. The summed E-state index contributed by atoms with van der Waals surface area (Å²) in [6, 6.07) is 7.25. The van der Waals surface area contributed by atoms with Crippen molar-refractivity contribution in [3.8, 4) is 5.75 Å². The molecule has 5 aliphatic heterocycles. The maximum Gasteiger partial charge on any atom is 0.344 e. The van der Waals surface area contributed by atoms with Gasteiger partial charge in [0.25, 0.3) is 0 Å². The number of aliphatic hydroxyl groups is 2. The maximum atomic E-state index is 15.3. The van der Waals surface area contributed by atoms with E-state index in [9.17, 15) is 19.8 Å². The average Bonchev–Trinajstić information content (AvgIpc) is 3.89. The van der Waals surface area contributed by atoms with E-state index in [0.717, 1.165) is 16.5 Å². The highest BCUT2D eigenvalue weighted by Gasteiger charge is 2.80. The number of fused-ring (bicyclic) bond motifs is 6. The van der Waals surface area contributed by atoms with Crippen molar-refractivity contribution in [1.29, 1.82) is 0 Å². The molecule has 3 fully saturated rings. The summed E-state index contributed by atoms with van der Waals surface area (Å²) in [4.78, 5) is 52.8. The molecule has 13 nitrogen and oxygen atoms in total. The smallest absolute Gasteiger partial charge is 0.344 e. The molecule has 3 aromatic rings. The zero-order chi connectivity index (χ0) is 42.7. The van der Waals surface area contributed by atoms with E-state index in [1.165, 1.54) is 33.3 Å². The fraction of sp³-hybridized carbons (Fsp3) is 0.587. The quantitative estimate of drug-likeness (QED) is 0.178. The van der Waals surface area contributed by atoms with E-state index in [2.05, 4.69) is 14.8 Å². The van der Waals surface area contributed by atoms with Gasteiger partial charge in [-0.05, 0) is 86.4 Å². The second-order valence-electron chi connectivity index (χ2n) is 18.3. The third-order valence-electron chi connectivity index (χ3n) is 15.7. The average molecular weight is 829 g/mol. The van der Waals surface area contributed by atoms with Gasteiger partial charge in [-0.3, -0.25) is 19.4 Å². The lowest BCUT2D eigenvalue weighted by Crippen LogP contribution is -2.81. The van der Waals surface area contributed by atoms with Crippen LogP contribution in [0.3, 0.4) is 0 Å². The number of carbonyl (C=O) groups is 3. The number of ether oxygens (including phenoxy) is 4. The Morgan fingerprint density at radius 1 is 0.967 bits per heavy atom. The first kappa shape index (κ1) is 40.9. The molecule has 1 saturated carbocycles. The van der Waals surface area contributed by atoms with Crippen LogP contribution >= 0.6 is 0 Å². The van der Waals surface area contributed by atoms with Gasteiger partial charge in [0.15, 0.2) is 6.10 Å². The van der Waals surface area contributed by atoms with Gasteiger partial charge in [0.2, 0.25) is 5.60 Å². The van der Waals surface area contributed by atoms with Crippen molar-refractivity contribution in [2.24, 2.45) is 11.3 Å². The van der Waals surface area contributed by atoms with Crippen molar-refractivity contribution in [3.63, 3.8) is 0 Å². The number of esters is 3. The third kappa shape index (κ3) is 5.26. The number of aromatic amines is 1. The van der Waals surface area contributed by atoms with Crippen LogP contribution in [-0.2, 0) is 45.8 Å². The normalized spacial score (nSPS) is 36.6. The SMILES string of the molecule is CC[C@]1(O)C[C@@H]2CN(CCc3c([nH]c4cc(F)ccc34)[C@@](C(=O)OC)(c3cc4c(cc3OC)N(C)[C@H]3[C@@](O)(C(=O)OC)[C@H](OC(C)=O)[C@]5(CC)C=CCN6CC[C@]43[C@@H]65)C2)C1. The lowest BCUT2D eigenvalue weighted by atomic mass is 9.47. The van der Waals surface area contributed by atoms with E-state index < -0.39 is 63.3 Å². The molecule has 14 heteroatoms. The van der Waals surface area contributed by atoms with Crippen molar-refractivity contribution >= 4 is 34.5 Å². The number of rotatable bonds is 7. The monoisotopic (exact) mass is 828 g/mol. The number of nitrogens with one attached hydrogen (secondary N) is 1. The van der Waals surface area contributed by atoms with E-state index in [-0.39, 0.29) is 18.4 Å². The topological polar surface area (TPSA) is 154 Å². The van der Waals surface area contributed by atoms with E-state index in [1.807, 2.05) is 50.1 Å². The van der Waals surface area contributed by atoms with Crippen LogP contribution in [0.5, 0.6) is 5.75 Å². The molecule has 0 radical (unpaired) electrons. The van der Waals surface area contributed by atoms with Gasteiger partial charge >= 0.3 is 17.9 Å². The van der Waals surface area contributed by atoms with Crippen LogP contribution in [-0.4, -0.2) is 133 Å². The van der Waals surface area contributed by atoms with Gasteiger partial charge in [0.05, 0.1) is 33.0 Å². The largest absolute Gasteiger partial charge is 0.496 e. The maximum absolute atomic E-state index is 15.3. The number of hydrogen-bond donors (Lipinski definition) is 3. The zero-order valence-electron chi connectivity index (χ0n) is 35.6. The van der Waals surface area contributed by atoms with Crippen molar-refractivity contribution < 1.29 is 47.9 Å². The summed E-state index contributed by atoms with van der Waals surface area (Å²) in [5.74, 6) is -2.27. The molecule has 9 rings (SSSR count). The van der Waals surface area contributed by atoms with Gasteiger partial charge in [-0.15, -0.1) is 0 Å². The number of H-pyrrole nitrogens is 1. The number of anilines is 1. The summed E-state index contributed by atoms with van der Waals surface area (Å²) in [6.07, 6.45) is 5.46. The second-order valence-corrected chi connectivity index (χ2v) is 18.3. The summed E-state index contributed by atoms with van der Waals surface area (Å²) >= 11 is 0. The molecule has 3 N–H and O–H groups in total. The summed E-state index contributed by atoms with van der Waals surface area (Å²) in [5.41, 5.74) is -2.82. The molecule has 1 aliphatic carbocycles. The van der Waals surface area contributed by atoms with Gasteiger partial charge in [-0.2, -0.15) is 0 Å². The van der Waals surface area contributed by atoms with Crippen molar-refractivity contribution in [2.45, 2.75) is 99.5 Å². The minimum Gasteiger partial charge on any atom is -0.496 e. The van der Waals surface area contributed by atoms with E-state index in [4.69, 9.17) is 18.9 Å². The minimum atomic E-state index is -2.34. The first-order valence-corrected chi connectivity index (χ1v) is 21.3. The molecule has 6 aliphatic rings. The lowest BCUT2D eigenvalue weighted by Gasteiger charge is -2.63. The first-order valence-electron chi connectivity index (χ1n) is 21.3. The van der Waals surface area contributed by atoms with E-state index in [1.54, 1.807) is 13.2 Å². The highest BCUT2D eigenvalue weighted by molar-refractivity contribution is 5.95. The summed E-state index contributed by atoms with van der Waals surface area (Å²) in [6.45, 7) is 8.26. The van der Waals surface area contributed by atoms with Crippen LogP contribution in [0, 0.1) is 17.2 Å². The molecule has 2 aromatic carbocycles. The van der Waals surface area contributed by atoms with Crippen molar-refractivity contribution in [3.05, 3.63) is 70.7 Å². The molecule has 6 heterocycles. The lowest BCUT2D eigenvalue weighted by molar-refractivity contribution is -0.228. The molecule has 2 saturated heterocycles. The van der Waals surface area contributed by atoms with E-state index in [0.29, 0.717) is 93.0 Å². The Kier molecular flexibility index (Phi) is 9.55. The number of aromatic nitrogens is 1. The van der Waals surface area contributed by atoms with Gasteiger partial charge in [0.1, 0.15) is 17.0 Å². The third-order valence-corrected chi connectivity index (χ3v) is 15.7. The molecule has 1 unspecified atom stereocenters. The number of halogens is 1. The Labute approximate surface area is 349 Å². The van der Waals surface area contributed by atoms with Crippen LogP contribution < -0.4 is 9.64 Å². The van der Waals surface area contributed by atoms with Crippen LogP contribution in [0.1, 0.15) is 75.3 Å². The Balaban J connectivity index is 1.37. The van der Waals surface area contributed by atoms with Crippen molar-refractivity contribution in [1.82, 2.24) is 14.8 Å². The van der Waals surface area contributed by atoms with Crippen LogP contribution in [0.2, 0.25) is 0 Å². The molecular weight excluding hydrogens is 772 g/mol. The number of methoxy groups -OCH3 is 3. The summed E-state index contributed by atoms with van der Waals surface area (Å²) < 4.78 is 38.8. The number of benzene rings is 2. The molecule has 1 spiro atoms. The molecule has 10 atom stereocenters. The number of hydrogen-bond acceptors (Lipinski definition) is 12. The molecule has 322 valence electrons. The fourth-order valence-corrected chi connectivity index (χ4v) is 13.5. The Hall–Kier alpha value is -4.50. The van der Waals surface area contributed by atoms with Gasteiger partial charge in [-0.25, -0.2) is 9.18 Å². The van der Waals surface area contributed by atoms with Gasteiger partial charge in [-0.1, -0.05) is 26.0 Å². The van der Waals surface area contributed by atoms with Crippen LogP contribution in [0.25, 0.3) is 10.9 Å². The molecule has 2 bridgehead atoms. The fourth-order valence-electron chi connectivity index (χ4n) is 13.5. The Morgan fingerprint density at radius 2 is 1.73 bits per heavy atom. The first-order chi connectivity index (χ1) is 28.6. The van der Waals surface area contributed by atoms with Gasteiger partial charge < -0.3 is 39.0 Å². The standard InChI is InChI=1S/C46H57FN4O9/c1-8-42(55)22-27-23-45(40(53)58-6,36-30(13-17-50(24-27)25-42)29-12-11-28(47)19-33(29)48-36)32-20-31-34(21-35(32)57-5)49(4)38-44(31)15-18-51-16-10-14-43(9-2,37(44)51)39(60-26(3)52)46(38,56)41(54)59-7/h10-12,14,19-21,27,37-39,48,55-56H,8-9,13,15-18,22-25H2,1-7H3/t27-,37-,38+,39+,42-,43+,44+,45-,46-/m0/s1. The number of piperidine rings is 1. The van der Waals surface area contributed by atoms with E-state index >= 15 is 9.18 Å². The second kappa shape index (κ2) is 14.0. The highest BCUT2D eigenvalue weighted by Crippen LogP contribution is 2.68. The number of carbonyl (C=O) groups excluding carboxylic acids is 3. The Bertz CT molecular complexity index is 2320. The minimum absolute atomic E-state index is 0.176. The summed E-state index contributed by atoms with van der Waals surface area (Å²) in [5, 5.41) is 26.1. The zero-order valence-corrected chi connectivity index (χ0v) is 35.6. The highest BCUT2D eigenvalue weighted by atomic mass is 19.1. The molecule has 60 heavy (non-hydrogen) atoms. The van der Waals surface area contributed by atoms with Crippen LogP contribution in [0.4, 0.5) is 10.1 Å². The molecule has 0 amide bonds. The summed E-state index contributed by atoms with van der Waals surface area (Å²) in [7, 11) is 6.00. The van der Waals surface area contributed by atoms with Gasteiger partial charge in [0, 0.05) is 90.9 Å². The molecule has 1 aromatic heterocycles. The number of likely N-dealkylation sites (N-methyl/N-ethyl adjacent to an activating group) is 1. The van der Waals surface area contributed by atoms with Crippen molar-refractivity contribution in [2.75, 3.05) is 66.0 Å². The Morgan fingerprint density at radius 3 is 2.42 bits per heavy atom.